The molecule has 1 amide bonds. The van der Waals surface area contributed by atoms with Gasteiger partial charge in [-0.1, -0.05) is 0 Å². The number of fused-ring (bicyclic) bond motifs is 1. The summed E-state index contributed by atoms with van der Waals surface area (Å²) < 4.78 is 47.5. The van der Waals surface area contributed by atoms with Crippen LogP contribution in [0.4, 0.5) is 10.1 Å². The van der Waals surface area contributed by atoms with E-state index in [0.29, 0.717) is 17.0 Å². The molecule has 1 atom stereocenters. The third kappa shape index (κ3) is 4.91. The van der Waals surface area contributed by atoms with Crippen LogP contribution in [-0.2, 0) is 21.9 Å². The molecule has 0 saturated heterocycles. The van der Waals surface area contributed by atoms with Gasteiger partial charge in [0, 0.05) is 18.8 Å². The molecular formula is C19H20FN3O5S2. The maximum absolute atomic E-state index is 13.1. The van der Waals surface area contributed by atoms with Crippen LogP contribution in [0.5, 0.6) is 0 Å². The molecule has 0 aliphatic rings. The van der Waals surface area contributed by atoms with Gasteiger partial charge in [-0.3, -0.25) is 9.36 Å². The van der Waals surface area contributed by atoms with Crippen molar-refractivity contribution in [2.45, 2.75) is 17.4 Å². The zero-order valence-corrected chi connectivity index (χ0v) is 17.8. The van der Waals surface area contributed by atoms with Gasteiger partial charge in [-0.15, -0.1) is 0 Å². The molecule has 1 heterocycles. The molecule has 0 bridgehead atoms. The Morgan fingerprint density at radius 2 is 1.93 bits per heavy atom. The van der Waals surface area contributed by atoms with Crippen LogP contribution in [0, 0.1) is 5.82 Å². The number of carbonyl (C=O) groups excluding carboxylic acids is 1. The maximum atomic E-state index is 13.1. The summed E-state index contributed by atoms with van der Waals surface area (Å²) in [5.41, 5.74) is 0.927. The van der Waals surface area contributed by atoms with Crippen molar-refractivity contribution in [2.75, 3.05) is 17.3 Å². The molecule has 0 spiro atoms. The Kier molecular flexibility index (Phi) is 6.64. The molecule has 0 aliphatic heterocycles. The van der Waals surface area contributed by atoms with E-state index in [2.05, 4.69) is 10.0 Å². The maximum Gasteiger partial charge on any atom is 0.419 e. The Hall–Kier alpha value is -2.63. The van der Waals surface area contributed by atoms with Crippen LogP contribution >= 0.6 is 11.8 Å². The van der Waals surface area contributed by atoms with E-state index in [-0.39, 0.29) is 16.9 Å². The Morgan fingerprint density at radius 1 is 1.23 bits per heavy atom. The molecule has 0 aliphatic carbocycles. The van der Waals surface area contributed by atoms with Crippen LogP contribution in [0.1, 0.15) is 6.42 Å². The van der Waals surface area contributed by atoms with Crippen molar-refractivity contribution in [3.05, 3.63) is 58.8 Å². The highest BCUT2D eigenvalue weighted by Crippen LogP contribution is 2.19. The molecule has 2 aromatic carbocycles. The van der Waals surface area contributed by atoms with Crippen LogP contribution in [0.3, 0.4) is 0 Å². The third-order valence-corrected chi connectivity index (χ3v) is 6.52. The normalized spacial score (nSPS) is 12.8. The van der Waals surface area contributed by atoms with Crippen LogP contribution in [-0.4, -0.2) is 36.9 Å². The number of benzene rings is 2. The van der Waals surface area contributed by atoms with E-state index in [1.54, 1.807) is 0 Å². The van der Waals surface area contributed by atoms with Gasteiger partial charge in [0.15, 0.2) is 5.58 Å². The fraction of sp³-hybridized carbons (Fsp3) is 0.263. The van der Waals surface area contributed by atoms with Crippen molar-refractivity contribution in [2.24, 2.45) is 7.05 Å². The monoisotopic (exact) mass is 453 g/mol. The lowest BCUT2D eigenvalue weighted by Gasteiger charge is -2.18. The molecule has 160 valence electrons. The summed E-state index contributed by atoms with van der Waals surface area (Å²) in [5, 5.41) is 2.59. The topological polar surface area (TPSA) is 110 Å². The number of nitrogens with zero attached hydrogens (tertiary/aromatic N) is 1. The van der Waals surface area contributed by atoms with Gasteiger partial charge in [0.2, 0.25) is 15.9 Å². The number of anilines is 1. The van der Waals surface area contributed by atoms with E-state index in [1.807, 2.05) is 6.26 Å². The summed E-state index contributed by atoms with van der Waals surface area (Å²) in [4.78, 5) is 24.2. The Balaban J connectivity index is 1.84. The molecule has 2 N–H and O–H groups in total. The van der Waals surface area contributed by atoms with E-state index >= 15 is 0 Å². The summed E-state index contributed by atoms with van der Waals surface area (Å²) in [6, 6.07) is 8.15. The number of thioether (sulfide) groups is 1. The first kappa shape index (κ1) is 22.1. The van der Waals surface area contributed by atoms with Crippen LogP contribution < -0.4 is 15.8 Å². The molecule has 8 nitrogen and oxygen atoms in total. The number of sulfonamides is 1. The van der Waals surface area contributed by atoms with E-state index in [1.165, 1.54) is 65.8 Å². The van der Waals surface area contributed by atoms with Crippen molar-refractivity contribution < 1.29 is 22.0 Å². The van der Waals surface area contributed by atoms with Gasteiger partial charge in [-0.25, -0.2) is 17.6 Å². The smallest absolute Gasteiger partial charge is 0.408 e. The molecule has 3 rings (SSSR count). The van der Waals surface area contributed by atoms with E-state index in [9.17, 15) is 22.4 Å². The highest BCUT2D eigenvalue weighted by atomic mass is 32.2. The number of rotatable bonds is 8. The van der Waals surface area contributed by atoms with Gasteiger partial charge in [0.25, 0.3) is 0 Å². The lowest BCUT2D eigenvalue weighted by molar-refractivity contribution is -0.117. The average Bonchev–Trinajstić information content (AvgIpc) is 3.00. The van der Waals surface area contributed by atoms with Crippen molar-refractivity contribution in [1.29, 1.82) is 0 Å². The Morgan fingerprint density at radius 3 is 2.60 bits per heavy atom. The second kappa shape index (κ2) is 9.02. The van der Waals surface area contributed by atoms with Crippen LogP contribution in [0.2, 0.25) is 0 Å². The fourth-order valence-corrected chi connectivity index (χ4v) is 4.49. The molecule has 1 aromatic heterocycles. The minimum absolute atomic E-state index is 0.127. The number of aromatic nitrogens is 1. The average molecular weight is 454 g/mol. The molecule has 30 heavy (non-hydrogen) atoms. The number of amides is 1. The number of hydrogen-bond acceptors (Lipinski definition) is 6. The fourth-order valence-electron chi connectivity index (χ4n) is 2.78. The highest BCUT2D eigenvalue weighted by Gasteiger charge is 2.26. The SMILES string of the molecule is CSCC[C@H](NS(=O)(=O)c1ccc2c(c1)oc(=O)n2C)C(=O)Nc1ccc(F)cc1. The second-order valence-corrected chi connectivity index (χ2v) is 9.21. The number of nitrogens with one attached hydrogen (secondary N) is 2. The predicted molar refractivity (Wildman–Crippen MR) is 114 cm³/mol. The minimum atomic E-state index is -4.08. The molecule has 0 fully saturated rings. The van der Waals surface area contributed by atoms with Crippen LogP contribution in [0.15, 0.2) is 56.6 Å². The molecular weight excluding hydrogens is 433 g/mol. The summed E-state index contributed by atoms with van der Waals surface area (Å²) >= 11 is 1.47. The van der Waals surface area contributed by atoms with E-state index in [0.717, 1.165) is 0 Å². The number of halogens is 1. The van der Waals surface area contributed by atoms with Gasteiger partial charge in [0.1, 0.15) is 11.9 Å². The zero-order chi connectivity index (χ0) is 21.9. The zero-order valence-electron chi connectivity index (χ0n) is 16.2. The summed E-state index contributed by atoms with van der Waals surface area (Å²) in [6.45, 7) is 0. The van der Waals surface area contributed by atoms with Crippen molar-refractivity contribution in [3.63, 3.8) is 0 Å². The van der Waals surface area contributed by atoms with Gasteiger partial charge in [0.05, 0.1) is 10.4 Å². The molecule has 0 radical (unpaired) electrons. The second-order valence-electron chi connectivity index (χ2n) is 6.51. The third-order valence-electron chi connectivity index (χ3n) is 4.41. The number of oxazole rings is 1. The lowest BCUT2D eigenvalue weighted by Crippen LogP contribution is -2.44. The van der Waals surface area contributed by atoms with Crippen LogP contribution in [0.25, 0.3) is 11.1 Å². The van der Waals surface area contributed by atoms with E-state index < -0.39 is 33.5 Å². The number of carbonyl (C=O) groups is 1. The summed E-state index contributed by atoms with van der Waals surface area (Å²) in [5.74, 6) is -1.08. The first-order chi connectivity index (χ1) is 14.2. The summed E-state index contributed by atoms with van der Waals surface area (Å²) in [7, 11) is -2.57. The minimum Gasteiger partial charge on any atom is -0.408 e. The van der Waals surface area contributed by atoms with Crippen molar-refractivity contribution >= 4 is 44.5 Å². The lowest BCUT2D eigenvalue weighted by atomic mass is 10.2. The standard InChI is InChI=1S/C19H20FN3O5S2/c1-23-16-8-7-14(11-17(16)28-19(23)25)30(26,27)22-15(9-10-29-2)18(24)21-13-5-3-12(20)4-6-13/h3-8,11,15,22H,9-10H2,1-2H3,(H,21,24)/t15-/m0/s1. The molecule has 0 unspecified atom stereocenters. The van der Waals surface area contributed by atoms with Gasteiger partial charge in [-0.2, -0.15) is 16.5 Å². The Bertz CT molecular complexity index is 1220. The summed E-state index contributed by atoms with van der Waals surface area (Å²) in [6.07, 6.45) is 2.09. The first-order valence-corrected chi connectivity index (χ1v) is 11.8. The predicted octanol–water partition coefficient (Wildman–Crippen LogP) is 2.31. The van der Waals surface area contributed by atoms with Crippen molar-refractivity contribution in [1.82, 2.24) is 9.29 Å². The largest absolute Gasteiger partial charge is 0.419 e. The van der Waals surface area contributed by atoms with Gasteiger partial charge in [-0.05, 0) is 54.8 Å². The van der Waals surface area contributed by atoms with Crippen molar-refractivity contribution in [3.8, 4) is 0 Å². The van der Waals surface area contributed by atoms with Gasteiger partial charge < -0.3 is 9.73 Å². The Labute approximate surface area is 176 Å². The molecule has 3 aromatic rings. The molecule has 0 saturated carbocycles. The van der Waals surface area contributed by atoms with E-state index in [4.69, 9.17) is 4.42 Å². The highest BCUT2D eigenvalue weighted by molar-refractivity contribution is 7.98. The quantitative estimate of drug-likeness (QED) is 0.542. The molecule has 11 heteroatoms. The number of aryl methyl sites for hydroxylation is 1. The number of hydrogen-bond donors (Lipinski definition) is 2. The first-order valence-electron chi connectivity index (χ1n) is 8.88. The van der Waals surface area contributed by atoms with Gasteiger partial charge >= 0.3 is 5.76 Å².